The second-order valence-corrected chi connectivity index (χ2v) is 5.09. The number of hydrogen-bond donors (Lipinski definition) is 1. The van der Waals surface area contributed by atoms with Crippen molar-refractivity contribution in [2.45, 2.75) is 58.7 Å². The van der Waals surface area contributed by atoms with E-state index in [0.717, 1.165) is 0 Å². The highest BCUT2D eigenvalue weighted by atomic mass is 16.6. The third-order valence-corrected chi connectivity index (χ3v) is 2.32. The maximum absolute atomic E-state index is 11.4. The zero-order valence-corrected chi connectivity index (χ0v) is 14.4. The lowest BCUT2D eigenvalue weighted by molar-refractivity contribution is -0.156. The van der Waals surface area contributed by atoms with E-state index in [0.29, 0.717) is 0 Å². The smallest absolute Gasteiger partial charge is 0.309 e. The SMILES string of the molecule is C=CCC(=O)O.C=CCC(=O)OC(C)CC(=O)OC(C)CC(C)=O. The first kappa shape index (κ1) is 23.8. The van der Waals surface area contributed by atoms with Gasteiger partial charge in [-0.25, -0.2) is 0 Å². The normalized spacial score (nSPS) is 11.8. The fourth-order valence-electron chi connectivity index (χ4n) is 1.51. The van der Waals surface area contributed by atoms with Crippen molar-refractivity contribution in [3.05, 3.63) is 25.3 Å². The van der Waals surface area contributed by atoms with E-state index in [2.05, 4.69) is 13.2 Å². The molecule has 24 heavy (non-hydrogen) atoms. The maximum Gasteiger partial charge on any atom is 0.309 e. The van der Waals surface area contributed by atoms with Gasteiger partial charge in [0.05, 0.1) is 19.3 Å². The van der Waals surface area contributed by atoms with Gasteiger partial charge in [0.15, 0.2) is 0 Å². The lowest BCUT2D eigenvalue weighted by Gasteiger charge is -2.15. The Morgan fingerprint density at radius 3 is 1.75 bits per heavy atom. The average molecular weight is 342 g/mol. The molecule has 0 bridgehead atoms. The Balaban J connectivity index is 0. The third kappa shape index (κ3) is 17.6. The molecule has 0 aromatic carbocycles. The number of carbonyl (C=O) groups is 4. The number of aliphatic carboxylic acids is 1. The molecule has 0 spiro atoms. The number of esters is 2. The van der Waals surface area contributed by atoms with Crippen LogP contribution in [0.4, 0.5) is 0 Å². The van der Waals surface area contributed by atoms with E-state index in [4.69, 9.17) is 14.6 Å². The van der Waals surface area contributed by atoms with E-state index in [1.807, 2.05) is 0 Å². The van der Waals surface area contributed by atoms with Crippen LogP contribution in [0.15, 0.2) is 25.3 Å². The van der Waals surface area contributed by atoms with Crippen LogP contribution in [-0.2, 0) is 28.7 Å². The van der Waals surface area contributed by atoms with Crippen LogP contribution >= 0.6 is 0 Å². The number of carbonyl (C=O) groups excluding carboxylic acids is 3. The molecule has 2 atom stereocenters. The number of rotatable bonds is 10. The molecule has 2 unspecified atom stereocenters. The second kappa shape index (κ2) is 14.2. The topological polar surface area (TPSA) is 107 Å². The summed E-state index contributed by atoms with van der Waals surface area (Å²) in [6.07, 6.45) is 2.12. The Hall–Kier alpha value is -2.44. The molecule has 1 N–H and O–H groups in total. The van der Waals surface area contributed by atoms with Crippen LogP contribution in [0, 0.1) is 0 Å². The quantitative estimate of drug-likeness (QED) is 0.480. The highest BCUT2D eigenvalue weighted by Gasteiger charge is 2.17. The minimum Gasteiger partial charge on any atom is -0.481 e. The zero-order chi connectivity index (χ0) is 19.1. The van der Waals surface area contributed by atoms with Crippen LogP contribution < -0.4 is 0 Å². The van der Waals surface area contributed by atoms with Crippen molar-refractivity contribution in [2.24, 2.45) is 0 Å². The Bertz CT molecular complexity index is 454. The number of hydrogen-bond acceptors (Lipinski definition) is 6. The molecule has 0 aromatic rings. The van der Waals surface area contributed by atoms with Gasteiger partial charge >= 0.3 is 17.9 Å². The fourth-order valence-corrected chi connectivity index (χ4v) is 1.51. The molecule has 136 valence electrons. The largest absolute Gasteiger partial charge is 0.481 e. The molecule has 0 rings (SSSR count). The molecule has 0 saturated carbocycles. The van der Waals surface area contributed by atoms with Crippen molar-refractivity contribution in [3.63, 3.8) is 0 Å². The van der Waals surface area contributed by atoms with E-state index in [1.165, 1.54) is 19.1 Å². The number of carboxylic acids is 1. The lowest BCUT2D eigenvalue weighted by atomic mass is 10.2. The van der Waals surface area contributed by atoms with E-state index in [-0.39, 0.29) is 31.5 Å². The van der Waals surface area contributed by atoms with Crippen molar-refractivity contribution < 1.29 is 33.8 Å². The molecule has 7 heteroatoms. The van der Waals surface area contributed by atoms with Crippen molar-refractivity contribution in [1.29, 1.82) is 0 Å². The molecule has 0 aliphatic rings. The summed E-state index contributed by atoms with van der Waals surface area (Å²) in [5.41, 5.74) is 0. The molecule has 0 aromatic heterocycles. The minimum absolute atomic E-state index is 0.0227. The summed E-state index contributed by atoms with van der Waals surface area (Å²) >= 11 is 0. The van der Waals surface area contributed by atoms with Gasteiger partial charge in [-0.3, -0.25) is 19.2 Å². The molecule has 0 radical (unpaired) electrons. The van der Waals surface area contributed by atoms with Gasteiger partial charge in [0.1, 0.15) is 18.0 Å². The summed E-state index contributed by atoms with van der Waals surface area (Å²) in [4.78, 5) is 42.9. The lowest BCUT2D eigenvalue weighted by Crippen LogP contribution is -2.23. The number of ether oxygens (including phenoxy) is 2. The first-order valence-corrected chi connectivity index (χ1v) is 7.44. The van der Waals surface area contributed by atoms with Gasteiger partial charge < -0.3 is 14.6 Å². The van der Waals surface area contributed by atoms with Crippen molar-refractivity contribution >= 4 is 23.7 Å². The van der Waals surface area contributed by atoms with Crippen LogP contribution in [0.2, 0.25) is 0 Å². The molecule has 0 saturated heterocycles. The minimum atomic E-state index is -0.829. The van der Waals surface area contributed by atoms with Gasteiger partial charge in [0, 0.05) is 6.42 Å². The van der Waals surface area contributed by atoms with E-state index >= 15 is 0 Å². The third-order valence-electron chi connectivity index (χ3n) is 2.32. The van der Waals surface area contributed by atoms with Crippen LogP contribution in [-0.4, -0.2) is 41.0 Å². The highest BCUT2D eigenvalue weighted by Crippen LogP contribution is 2.06. The highest BCUT2D eigenvalue weighted by molar-refractivity contribution is 5.77. The summed E-state index contributed by atoms with van der Waals surface area (Å²) in [7, 11) is 0. The number of Topliss-reactive ketones (excluding diaryl/α,β-unsaturated/α-hetero) is 1. The summed E-state index contributed by atoms with van der Waals surface area (Å²) < 4.78 is 9.95. The van der Waals surface area contributed by atoms with E-state index in [1.54, 1.807) is 13.8 Å². The van der Waals surface area contributed by atoms with Crippen LogP contribution in [0.1, 0.15) is 46.5 Å². The average Bonchev–Trinajstić information content (AvgIpc) is 2.37. The van der Waals surface area contributed by atoms with Crippen LogP contribution in [0.5, 0.6) is 0 Å². The predicted molar refractivity (Wildman–Crippen MR) is 88.3 cm³/mol. The molecular formula is C17H26O7. The molecule has 0 amide bonds. The summed E-state index contributed by atoms with van der Waals surface area (Å²) in [5.74, 6) is -1.78. The summed E-state index contributed by atoms with van der Waals surface area (Å²) in [5, 5.41) is 7.84. The Morgan fingerprint density at radius 1 is 0.917 bits per heavy atom. The Morgan fingerprint density at radius 2 is 1.38 bits per heavy atom. The van der Waals surface area contributed by atoms with Crippen LogP contribution in [0.3, 0.4) is 0 Å². The van der Waals surface area contributed by atoms with Crippen molar-refractivity contribution in [3.8, 4) is 0 Å². The molecule has 0 fully saturated rings. The Labute approximate surface area is 142 Å². The molecule has 0 aliphatic heterocycles. The monoisotopic (exact) mass is 342 g/mol. The van der Waals surface area contributed by atoms with E-state index in [9.17, 15) is 19.2 Å². The Kier molecular flexibility index (Phi) is 14.1. The van der Waals surface area contributed by atoms with Crippen molar-refractivity contribution in [2.75, 3.05) is 0 Å². The fraction of sp³-hybridized carbons (Fsp3) is 0.529. The van der Waals surface area contributed by atoms with Gasteiger partial charge in [-0.2, -0.15) is 0 Å². The van der Waals surface area contributed by atoms with Crippen molar-refractivity contribution in [1.82, 2.24) is 0 Å². The summed E-state index contributed by atoms with van der Waals surface area (Å²) in [6, 6.07) is 0. The number of ketones is 1. The number of carboxylic acid groups (broad SMARTS) is 1. The van der Waals surface area contributed by atoms with Gasteiger partial charge in [-0.1, -0.05) is 12.2 Å². The molecular weight excluding hydrogens is 316 g/mol. The van der Waals surface area contributed by atoms with E-state index < -0.39 is 30.1 Å². The van der Waals surface area contributed by atoms with Gasteiger partial charge in [0.2, 0.25) is 0 Å². The predicted octanol–water partition coefficient (Wildman–Crippen LogP) is 2.44. The standard InChI is InChI=1S/C13H20O5.C4H6O2/c1-5-6-12(15)17-11(4)8-13(16)18-10(3)7-9(2)14;1-2-3-4(5)6/h5,10-11H,1,6-8H2,2-4H3;2H,1,3H2,(H,5,6). The van der Waals surface area contributed by atoms with Gasteiger partial charge in [-0.05, 0) is 20.8 Å². The van der Waals surface area contributed by atoms with Gasteiger partial charge in [0.25, 0.3) is 0 Å². The molecule has 7 nitrogen and oxygen atoms in total. The van der Waals surface area contributed by atoms with Crippen LogP contribution in [0.25, 0.3) is 0 Å². The first-order chi connectivity index (χ1) is 11.1. The van der Waals surface area contributed by atoms with Gasteiger partial charge in [-0.15, -0.1) is 13.2 Å². The molecule has 0 aliphatic carbocycles. The zero-order valence-electron chi connectivity index (χ0n) is 14.4. The maximum atomic E-state index is 11.4. The first-order valence-electron chi connectivity index (χ1n) is 7.44. The second-order valence-electron chi connectivity index (χ2n) is 5.09. The summed E-state index contributed by atoms with van der Waals surface area (Å²) in [6.45, 7) is 11.3. The molecule has 0 heterocycles.